The van der Waals surface area contributed by atoms with Crippen molar-refractivity contribution in [2.45, 2.75) is 25.7 Å². The van der Waals surface area contributed by atoms with Gasteiger partial charge in [0.1, 0.15) is 5.75 Å². The Hall–Kier alpha value is -2.31. The molecule has 140 valence electrons. The van der Waals surface area contributed by atoms with Gasteiger partial charge in [0.15, 0.2) is 5.13 Å². The van der Waals surface area contributed by atoms with Crippen LogP contribution in [-0.2, 0) is 4.79 Å². The van der Waals surface area contributed by atoms with Crippen LogP contribution in [-0.4, -0.2) is 23.3 Å². The van der Waals surface area contributed by atoms with Gasteiger partial charge >= 0.3 is 0 Å². The molecule has 1 heterocycles. The molecule has 27 heavy (non-hydrogen) atoms. The normalized spacial score (nSPS) is 10.6. The molecule has 3 rings (SSSR count). The first kappa shape index (κ1) is 19.5. The molecule has 4 nitrogen and oxygen atoms in total. The third-order valence-corrected chi connectivity index (χ3v) is 5.77. The maximum absolute atomic E-state index is 12.2. The molecule has 1 amide bonds. The quantitative estimate of drug-likeness (QED) is 0.530. The second-order valence-corrected chi connectivity index (χ2v) is 8.28. The summed E-state index contributed by atoms with van der Waals surface area (Å²) in [5.74, 6) is 1.16. The molecule has 0 radical (unpaired) electrons. The number of aromatic nitrogens is 1. The van der Waals surface area contributed by atoms with Crippen LogP contribution in [0, 0.1) is 13.8 Å². The SMILES string of the molecule is CCOc1ccc(-c2nc(NC(=O)CSc3ccc(C)cc3)sc2C)cc1. The van der Waals surface area contributed by atoms with Crippen LogP contribution in [0.3, 0.4) is 0 Å². The van der Waals surface area contributed by atoms with E-state index in [9.17, 15) is 4.79 Å². The lowest BCUT2D eigenvalue weighted by atomic mass is 10.1. The van der Waals surface area contributed by atoms with E-state index in [1.807, 2.05) is 69.3 Å². The number of carbonyl (C=O) groups is 1. The second-order valence-electron chi connectivity index (χ2n) is 6.03. The summed E-state index contributed by atoms with van der Waals surface area (Å²) in [5, 5.41) is 3.54. The molecular weight excluding hydrogens is 376 g/mol. The van der Waals surface area contributed by atoms with Gasteiger partial charge in [0.05, 0.1) is 18.1 Å². The summed E-state index contributed by atoms with van der Waals surface area (Å²) in [6, 6.07) is 16.0. The van der Waals surface area contributed by atoms with E-state index >= 15 is 0 Å². The molecule has 0 spiro atoms. The van der Waals surface area contributed by atoms with E-state index in [2.05, 4.69) is 10.3 Å². The Kier molecular flexibility index (Phi) is 6.53. The van der Waals surface area contributed by atoms with Gasteiger partial charge in [-0.05, 0) is 57.2 Å². The van der Waals surface area contributed by atoms with Crippen molar-refractivity contribution in [1.29, 1.82) is 0 Å². The zero-order valence-electron chi connectivity index (χ0n) is 15.6. The van der Waals surface area contributed by atoms with Gasteiger partial charge in [-0.3, -0.25) is 4.79 Å². The van der Waals surface area contributed by atoms with Crippen LogP contribution >= 0.6 is 23.1 Å². The highest BCUT2D eigenvalue weighted by molar-refractivity contribution is 8.00. The molecule has 1 aromatic heterocycles. The summed E-state index contributed by atoms with van der Waals surface area (Å²) in [6.45, 7) is 6.67. The Morgan fingerprint density at radius 2 is 1.81 bits per heavy atom. The zero-order valence-corrected chi connectivity index (χ0v) is 17.2. The molecule has 0 aliphatic rings. The molecule has 0 saturated heterocycles. The lowest BCUT2D eigenvalue weighted by Gasteiger charge is -2.04. The summed E-state index contributed by atoms with van der Waals surface area (Å²) in [5.41, 5.74) is 3.12. The Morgan fingerprint density at radius 3 is 2.48 bits per heavy atom. The summed E-state index contributed by atoms with van der Waals surface area (Å²) >= 11 is 3.01. The average molecular weight is 399 g/mol. The Labute approximate surface area is 168 Å². The number of benzene rings is 2. The fraction of sp³-hybridized carbons (Fsp3) is 0.238. The van der Waals surface area contributed by atoms with Gasteiger partial charge in [-0.2, -0.15) is 0 Å². The number of thioether (sulfide) groups is 1. The Balaban J connectivity index is 1.61. The number of aryl methyl sites for hydroxylation is 2. The molecule has 2 aromatic carbocycles. The fourth-order valence-corrected chi connectivity index (χ4v) is 4.08. The summed E-state index contributed by atoms with van der Waals surface area (Å²) in [6.07, 6.45) is 0. The highest BCUT2D eigenvalue weighted by atomic mass is 32.2. The van der Waals surface area contributed by atoms with Crippen molar-refractivity contribution in [1.82, 2.24) is 4.98 Å². The molecule has 3 aromatic rings. The highest BCUT2D eigenvalue weighted by Crippen LogP contribution is 2.31. The van der Waals surface area contributed by atoms with Crippen LogP contribution in [0.1, 0.15) is 17.4 Å². The lowest BCUT2D eigenvalue weighted by molar-refractivity contribution is -0.113. The van der Waals surface area contributed by atoms with Crippen LogP contribution < -0.4 is 10.1 Å². The van der Waals surface area contributed by atoms with E-state index in [1.165, 1.54) is 28.7 Å². The first-order chi connectivity index (χ1) is 13.0. The number of rotatable bonds is 7. The minimum absolute atomic E-state index is 0.0485. The Morgan fingerprint density at radius 1 is 1.11 bits per heavy atom. The summed E-state index contributed by atoms with van der Waals surface area (Å²) < 4.78 is 5.48. The van der Waals surface area contributed by atoms with Crippen LogP contribution in [0.25, 0.3) is 11.3 Å². The highest BCUT2D eigenvalue weighted by Gasteiger charge is 2.12. The third-order valence-electron chi connectivity index (χ3n) is 3.87. The summed E-state index contributed by atoms with van der Waals surface area (Å²) in [4.78, 5) is 19.0. The number of nitrogens with one attached hydrogen (secondary N) is 1. The number of hydrogen-bond acceptors (Lipinski definition) is 5. The predicted octanol–water partition coefficient (Wildman–Crippen LogP) is 5.56. The fourth-order valence-electron chi connectivity index (χ4n) is 2.53. The summed E-state index contributed by atoms with van der Waals surface area (Å²) in [7, 11) is 0. The predicted molar refractivity (Wildman–Crippen MR) is 114 cm³/mol. The number of carbonyl (C=O) groups excluding carboxylic acids is 1. The van der Waals surface area contributed by atoms with Crippen molar-refractivity contribution < 1.29 is 9.53 Å². The van der Waals surface area contributed by atoms with Crippen molar-refractivity contribution in [3.8, 4) is 17.0 Å². The molecule has 6 heteroatoms. The van der Waals surface area contributed by atoms with Crippen molar-refractivity contribution in [3.05, 3.63) is 59.0 Å². The number of amides is 1. The standard InChI is InChI=1S/C21H22N2O2S2/c1-4-25-17-9-7-16(8-10-17)20-15(3)27-21(23-20)22-19(24)13-26-18-11-5-14(2)6-12-18/h5-12H,4,13H2,1-3H3,(H,22,23,24). The number of ether oxygens (including phenoxy) is 1. The van der Waals surface area contributed by atoms with E-state index in [0.29, 0.717) is 17.5 Å². The molecule has 0 atom stereocenters. The monoisotopic (exact) mass is 398 g/mol. The first-order valence-corrected chi connectivity index (χ1v) is 10.6. The second kappa shape index (κ2) is 9.06. The smallest absolute Gasteiger partial charge is 0.236 e. The minimum atomic E-state index is -0.0485. The topological polar surface area (TPSA) is 51.2 Å². The van der Waals surface area contributed by atoms with Gasteiger partial charge in [0.25, 0.3) is 0 Å². The van der Waals surface area contributed by atoms with Crippen molar-refractivity contribution in [2.24, 2.45) is 0 Å². The minimum Gasteiger partial charge on any atom is -0.494 e. The third kappa shape index (κ3) is 5.34. The first-order valence-electron chi connectivity index (χ1n) is 8.75. The van der Waals surface area contributed by atoms with Gasteiger partial charge in [-0.15, -0.1) is 23.1 Å². The molecule has 0 saturated carbocycles. The molecule has 1 N–H and O–H groups in total. The maximum atomic E-state index is 12.2. The van der Waals surface area contributed by atoms with Gasteiger partial charge in [-0.1, -0.05) is 17.7 Å². The molecule has 0 aliphatic heterocycles. The molecular formula is C21H22N2O2S2. The number of anilines is 1. The Bertz CT molecular complexity index is 903. The van der Waals surface area contributed by atoms with Gasteiger partial charge < -0.3 is 10.1 Å². The van der Waals surface area contributed by atoms with Crippen LogP contribution in [0.5, 0.6) is 5.75 Å². The van der Waals surface area contributed by atoms with Crippen LogP contribution in [0.15, 0.2) is 53.4 Å². The van der Waals surface area contributed by atoms with Gasteiger partial charge in [-0.25, -0.2) is 4.98 Å². The molecule has 0 unspecified atom stereocenters. The largest absolute Gasteiger partial charge is 0.494 e. The van der Waals surface area contributed by atoms with Crippen LogP contribution in [0.4, 0.5) is 5.13 Å². The molecule has 0 bridgehead atoms. The van der Waals surface area contributed by atoms with E-state index < -0.39 is 0 Å². The average Bonchev–Trinajstić information content (AvgIpc) is 3.02. The van der Waals surface area contributed by atoms with Gasteiger partial charge in [0, 0.05) is 15.3 Å². The number of hydrogen-bond donors (Lipinski definition) is 1. The van der Waals surface area contributed by atoms with E-state index in [-0.39, 0.29) is 5.91 Å². The van der Waals surface area contributed by atoms with E-state index in [0.717, 1.165) is 26.8 Å². The zero-order chi connectivity index (χ0) is 19.2. The lowest BCUT2D eigenvalue weighted by Crippen LogP contribution is -2.13. The van der Waals surface area contributed by atoms with Crippen LogP contribution in [0.2, 0.25) is 0 Å². The molecule has 0 aliphatic carbocycles. The van der Waals surface area contributed by atoms with Crippen molar-refractivity contribution in [2.75, 3.05) is 17.7 Å². The van der Waals surface area contributed by atoms with Crippen molar-refractivity contribution in [3.63, 3.8) is 0 Å². The number of thiazole rings is 1. The molecule has 0 fully saturated rings. The number of nitrogens with zero attached hydrogens (tertiary/aromatic N) is 1. The van der Waals surface area contributed by atoms with E-state index in [1.54, 1.807) is 0 Å². The van der Waals surface area contributed by atoms with E-state index in [4.69, 9.17) is 4.74 Å². The van der Waals surface area contributed by atoms with Gasteiger partial charge in [0.2, 0.25) is 5.91 Å². The van der Waals surface area contributed by atoms with Crippen molar-refractivity contribution >= 4 is 34.1 Å². The maximum Gasteiger partial charge on any atom is 0.236 e.